The zero-order chi connectivity index (χ0) is 11.1. The van der Waals surface area contributed by atoms with Gasteiger partial charge in [-0.2, -0.15) is 0 Å². The van der Waals surface area contributed by atoms with E-state index in [-0.39, 0.29) is 12.2 Å². The summed E-state index contributed by atoms with van der Waals surface area (Å²) in [6.45, 7) is 0. The molecule has 0 aliphatic rings. The fourth-order valence-corrected chi connectivity index (χ4v) is 2.18. The van der Waals surface area contributed by atoms with Crippen LogP contribution >= 0.6 is 21.6 Å². The van der Waals surface area contributed by atoms with Gasteiger partial charge in [-0.3, -0.25) is 9.59 Å². The Labute approximate surface area is 84.9 Å². The maximum atomic E-state index is 10.3. The SMILES string of the molecule is [2H]C(CC(=O)O)SSC[C@H](N)C(=O)O. The van der Waals surface area contributed by atoms with Crippen LogP contribution in [0.1, 0.15) is 7.79 Å². The van der Waals surface area contributed by atoms with Crippen LogP contribution in [0, 0.1) is 0 Å². The number of carbonyl (C=O) groups is 2. The maximum absolute atomic E-state index is 10.3. The van der Waals surface area contributed by atoms with Gasteiger partial charge in [-0.05, 0) is 0 Å². The molecular weight excluding hydrogens is 214 g/mol. The third-order valence-corrected chi connectivity index (χ3v) is 3.12. The van der Waals surface area contributed by atoms with Gasteiger partial charge < -0.3 is 15.9 Å². The van der Waals surface area contributed by atoms with Crippen LogP contribution in [0.25, 0.3) is 0 Å². The lowest BCUT2D eigenvalue weighted by Crippen LogP contribution is -2.32. The van der Waals surface area contributed by atoms with Crippen LogP contribution in [0.4, 0.5) is 0 Å². The zero-order valence-corrected chi connectivity index (χ0v) is 8.31. The van der Waals surface area contributed by atoms with Gasteiger partial charge in [0, 0.05) is 12.9 Å². The van der Waals surface area contributed by atoms with Crippen molar-refractivity contribution >= 4 is 33.5 Å². The molecule has 0 heterocycles. The summed E-state index contributed by atoms with van der Waals surface area (Å²) in [4.78, 5) is 20.4. The number of nitrogens with two attached hydrogens (primary N) is 1. The highest BCUT2D eigenvalue weighted by atomic mass is 33.1. The number of carboxylic acid groups (broad SMARTS) is 2. The molecule has 2 atom stereocenters. The van der Waals surface area contributed by atoms with Gasteiger partial charge in [0.25, 0.3) is 0 Å². The quantitative estimate of drug-likeness (QED) is 0.535. The second kappa shape index (κ2) is 7.05. The van der Waals surface area contributed by atoms with Crippen molar-refractivity contribution in [1.82, 2.24) is 0 Å². The lowest BCUT2D eigenvalue weighted by molar-refractivity contribution is -0.138. The molecule has 0 spiro atoms. The van der Waals surface area contributed by atoms with Crippen LogP contribution < -0.4 is 5.73 Å². The fourth-order valence-electron chi connectivity index (χ4n) is 0.337. The molecule has 76 valence electrons. The average molecular weight is 226 g/mol. The van der Waals surface area contributed by atoms with E-state index in [9.17, 15) is 9.59 Å². The summed E-state index contributed by atoms with van der Waals surface area (Å²) in [6, 6.07) is -0.968. The second-order valence-electron chi connectivity index (χ2n) is 2.09. The molecule has 0 saturated carbocycles. The molecule has 0 aromatic rings. The van der Waals surface area contributed by atoms with E-state index in [1.165, 1.54) is 0 Å². The highest BCUT2D eigenvalue weighted by molar-refractivity contribution is 8.76. The minimum atomic E-state index is -1.10. The Bertz CT molecular complexity index is 216. The van der Waals surface area contributed by atoms with Crippen LogP contribution in [-0.2, 0) is 9.59 Å². The lowest BCUT2D eigenvalue weighted by Gasteiger charge is -2.03. The van der Waals surface area contributed by atoms with E-state index < -0.39 is 23.7 Å². The van der Waals surface area contributed by atoms with Gasteiger partial charge in [-0.1, -0.05) is 21.6 Å². The van der Waals surface area contributed by atoms with E-state index in [1.807, 2.05) is 0 Å². The zero-order valence-electron chi connectivity index (χ0n) is 7.67. The molecule has 0 fully saturated rings. The summed E-state index contributed by atoms with van der Waals surface area (Å²) in [6.07, 6.45) is -0.264. The third-order valence-electron chi connectivity index (χ3n) is 0.959. The Balaban J connectivity index is 3.53. The van der Waals surface area contributed by atoms with Crippen molar-refractivity contribution < 1.29 is 21.2 Å². The smallest absolute Gasteiger partial charge is 0.321 e. The number of hydrogen-bond acceptors (Lipinski definition) is 5. The number of aliphatic carboxylic acids is 2. The van der Waals surface area contributed by atoms with Gasteiger partial charge in [-0.15, -0.1) is 0 Å². The predicted octanol–water partition coefficient (Wildman–Crippen LogP) is 0.254. The highest BCUT2D eigenvalue weighted by Gasteiger charge is 2.10. The maximum Gasteiger partial charge on any atom is 0.321 e. The first-order valence-electron chi connectivity index (χ1n) is 3.92. The summed E-state index contributed by atoms with van der Waals surface area (Å²) in [7, 11) is 2.11. The summed E-state index contributed by atoms with van der Waals surface area (Å²) in [5.41, 5.74) is 4.40. The molecule has 13 heavy (non-hydrogen) atoms. The van der Waals surface area contributed by atoms with Gasteiger partial charge in [-0.25, -0.2) is 0 Å². The number of rotatable bonds is 7. The third kappa shape index (κ3) is 7.94. The molecule has 0 aromatic carbocycles. The van der Waals surface area contributed by atoms with E-state index in [1.54, 1.807) is 0 Å². The highest BCUT2D eigenvalue weighted by Crippen LogP contribution is 2.22. The number of hydrogen-bond donors (Lipinski definition) is 3. The molecule has 4 N–H and O–H groups in total. The van der Waals surface area contributed by atoms with Crippen LogP contribution in [0.15, 0.2) is 0 Å². The Kier molecular flexibility index (Phi) is 5.79. The average Bonchev–Trinajstić information content (AvgIpc) is 2.02. The van der Waals surface area contributed by atoms with Gasteiger partial charge in [0.2, 0.25) is 0 Å². The minimum absolute atomic E-state index is 0.162. The summed E-state index contributed by atoms with van der Waals surface area (Å²) in [5, 5.41) is 16.7. The van der Waals surface area contributed by atoms with E-state index >= 15 is 0 Å². The molecule has 0 aliphatic heterocycles. The van der Waals surface area contributed by atoms with Crippen LogP contribution in [0.2, 0.25) is 0 Å². The summed E-state index contributed by atoms with van der Waals surface area (Å²) < 4.78 is 7.23. The van der Waals surface area contributed by atoms with Crippen molar-refractivity contribution in [3.8, 4) is 0 Å². The van der Waals surface area contributed by atoms with E-state index in [2.05, 4.69) is 0 Å². The van der Waals surface area contributed by atoms with Crippen molar-refractivity contribution in [2.75, 3.05) is 11.5 Å². The van der Waals surface area contributed by atoms with Crippen molar-refractivity contribution in [3.63, 3.8) is 0 Å². The predicted molar refractivity (Wildman–Crippen MR) is 52.8 cm³/mol. The molecule has 0 radical (unpaired) electrons. The molecule has 0 rings (SSSR count). The Hall–Kier alpha value is -0.400. The monoisotopic (exact) mass is 226 g/mol. The number of carboxylic acids is 2. The van der Waals surface area contributed by atoms with Crippen LogP contribution in [-0.4, -0.2) is 39.7 Å². The van der Waals surface area contributed by atoms with Crippen molar-refractivity contribution in [1.29, 1.82) is 0 Å². The summed E-state index contributed by atoms with van der Waals surface area (Å²) in [5.74, 6) is -1.98. The van der Waals surface area contributed by atoms with Crippen molar-refractivity contribution in [2.45, 2.75) is 12.5 Å². The molecule has 0 bridgehead atoms. The molecule has 7 heteroatoms. The normalized spacial score (nSPS) is 15.9. The van der Waals surface area contributed by atoms with Crippen LogP contribution in [0.3, 0.4) is 0 Å². The van der Waals surface area contributed by atoms with Crippen molar-refractivity contribution in [2.24, 2.45) is 5.73 Å². The fraction of sp³-hybridized carbons (Fsp3) is 0.667. The molecule has 0 aliphatic carbocycles. The van der Waals surface area contributed by atoms with Gasteiger partial charge in [0.15, 0.2) is 0 Å². The summed E-state index contributed by atoms with van der Waals surface area (Å²) >= 11 is 0. The van der Waals surface area contributed by atoms with Gasteiger partial charge >= 0.3 is 11.9 Å². The Morgan fingerprint density at radius 2 is 2.08 bits per heavy atom. The standard InChI is InChI=1S/C6H11NO4S2/c7-4(6(10)11)3-13-12-2-1-5(8)9/h4H,1-3,7H2,(H,8,9)(H,10,11)/t4-/m0/s1/i2D/t2?,4-. The topological polar surface area (TPSA) is 101 Å². The minimum Gasteiger partial charge on any atom is -0.481 e. The Morgan fingerprint density at radius 1 is 1.46 bits per heavy atom. The molecule has 5 nitrogen and oxygen atoms in total. The van der Waals surface area contributed by atoms with E-state index in [0.29, 0.717) is 0 Å². The van der Waals surface area contributed by atoms with Crippen molar-refractivity contribution in [3.05, 3.63) is 0 Å². The van der Waals surface area contributed by atoms with E-state index in [0.717, 1.165) is 21.6 Å². The lowest BCUT2D eigenvalue weighted by atomic mass is 10.4. The first kappa shape index (κ1) is 10.7. The molecule has 0 saturated heterocycles. The first-order valence-corrected chi connectivity index (χ1v) is 5.72. The Morgan fingerprint density at radius 3 is 2.54 bits per heavy atom. The molecule has 1 unspecified atom stereocenters. The van der Waals surface area contributed by atoms with Crippen LogP contribution in [0.5, 0.6) is 0 Å². The second-order valence-corrected chi connectivity index (χ2v) is 4.47. The largest absolute Gasteiger partial charge is 0.481 e. The van der Waals surface area contributed by atoms with E-state index in [4.69, 9.17) is 17.3 Å². The molecular formula is C6H11NO4S2. The molecule has 0 amide bonds. The van der Waals surface area contributed by atoms with Gasteiger partial charge in [0.1, 0.15) is 6.04 Å². The molecule has 0 aromatic heterocycles. The first-order chi connectivity index (χ1) is 6.43. The van der Waals surface area contributed by atoms with Gasteiger partial charge in [0.05, 0.1) is 6.42 Å².